The van der Waals surface area contributed by atoms with Crippen LogP contribution in [0.25, 0.3) is 0 Å². The van der Waals surface area contributed by atoms with Crippen LogP contribution in [0.1, 0.15) is 16.7 Å². The minimum atomic E-state index is 0. The van der Waals surface area contributed by atoms with Crippen LogP contribution in [0.15, 0.2) is 121 Å². The monoisotopic (exact) mass is 518 g/mol. The molecule has 27 heavy (non-hydrogen) atoms. The molecule has 0 fully saturated rings. The maximum absolute atomic E-state index is 3.72. The van der Waals surface area contributed by atoms with Gasteiger partial charge in [0.25, 0.3) is 0 Å². The third-order valence-electron chi connectivity index (χ3n) is 3.08. The molecular weight excluding hydrogens is 491 g/mol. The van der Waals surface area contributed by atoms with Gasteiger partial charge in [-0.25, -0.2) is 12.1 Å². The van der Waals surface area contributed by atoms with Gasteiger partial charge in [0.1, 0.15) is 0 Å². The fourth-order valence-corrected chi connectivity index (χ4v) is 1.75. The number of hydrogen-bond donors (Lipinski definition) is 0. The molecule has 1 heteroatoms. The molecule has 0 N–H and O–H groups in total. The first kappa shape index (κ1) is 24.5. The van der Waals surface area contributed by atoms with Crippen molar-refractivity contribution in [1.29, 1.82) is 0 Å². The Labute approximate surface area is 184 Å². The zero-order valence-electron chi connectivity index (χ0n) is 15.7. The zero-order chi connectivity index (χ0) is 18.9. The van der Waals surface area contributed by atoms with Crippen LogP contribution in [0.2, 0.25) is 0 Å². The van der Waals surface area contributed by atoms with Crippen LogP contribution in [0.4, 0.5) is 0 Å². The zero-order valence-corrected chi connectivity index (χ0v) is 19.3. The first-order valence-corrected chi connectivity index (χ1v) is 8.46. The van der Waals surface area contributed by atoms with Crippen LogP contribution >= 0.6 is 0 Å². The van der Waals surface area contributed by atoms with E-state index in [1.54, 1.807) is 0 Å². The standard InChI is InChI=1S/3C7H7.C5H5.Hf/c3*1-7-5-3-2-4-6-7;1-2-4-5-3-1;/h3*2-6H,1H2;1-5H;/q4*-1;+4. The molecule has 0 spiro atoms. The van der Waals surface area contributed by atoms with Crippen molar-refractivity contribution >= 4 is 0 Å². The normalized spacial score (nSPS) is 8.15. The summed E-state index contributed by atoms with van der Waals surface area (Å²) in [5.41, 5.74) is 3.22. The molecule has 0 radical (unpaired) electrons. The predicted molar refractivity (Wildman–Crippen MR) is 115 cm³/mol. The first-order valence-electron chi connectivity index (χ1n) is 8.46. The largest absolute Gasteiger partial charge is 4.00 e. The van der Waals surface area contributed by atoms with E-state index < -0.39 is 0 Å². The van der Waals surface area contributed by atoms with Crippen molar-refractivity contribution in [1.82, 2.24) is 0 Å². The molecule has 0 aliphatic rings. The van der Waals surface area contributed by atoms with Crippen molar-refractivity contribution in [2.45, 2.75) is 0 Å². The van der Waals surface area contributed by atoms with E-state index in [-0.39, 0.29) is 25.8 Å². The molecule has 0 aromatic heterocycles. The Morgan fingerprint density at radius 1 is 0.407 bits per heavy atom. The van der Waals surface area contributed by atoms with Crippen LogP contribution in [-0.4, -0.2) is 0 Å². The van der Waals surface area contributed by atoms with Crippen LogP contribution < -0.4 is 0 Å². The van der Waals surface area contributed by atoms with Crippen molar-refractivity contribution in [3.05, 3.63) is 159 Å². The Morgan fingerprint density at radius 3 is 0.778 bits per heavy atom. The molecular formula is C26H26Hf. The molecule has 0 aliphatic heterocycles. The van der Waals surface area contributed by atoms with Crippen molar-refractivity contribution in [3.63, 3.8) is 0 Å². The third kappa shape index (κ3) is 15.5. The van der Waals surface area contributed by atoms with E-state index in [0.29, 0.717) is 0 Å². The Hall–Kier alpha value is -2.51. The smallest absolute Gasteiger partial charge is 0.214 e. The minimum Gasteiger partial charge on any atom is -0.214 e. The molecule has 0 bridgehead atoms. The van der Waals surface area contributed by atoms with E-state index >= 15 is 0 Å². The van der Waals surface area contributed by atoms with E-state index in [1.165, 1.54) is 0 Å². The van der Waals surface area contributed by atoms with Crippen LogP contribution in [0.3, 0.4) is 0 Å². The summed E-state index contributed by atoms with van der Waals surface area (Å²) in [5, 5.41) is 0. The Kier molecular flexibility index (Phi) is 15.4. The fourth-order valence-electron chi connectivity index (χ4n) is 1.75. The first-order chi connectivity index (χ1) is 12.7. The summed E-state index contributed by atoms with van der Waals surface area (Å²) in [4.78, 5) is 0. The Bertz CT molecular complexity index is 639. The van der Waals surface area contributed by atoms with E-state index in [4.69, 9.17) is 0 Å². The van der Waals surface area contributed by atoms with Gasteiger partial charge in [0, 0.05) is 0 Å². The van der Waals surface area contributed by atoms with Crippen molar-refractivity contribution in [2.75, 3.05) is 0 Å². The summed E-state index contributed by atoms with van der Waals surface area (Å²) in [7, 11) is 0. The number of rotatable bonds is 0. The van der Waals surface area contributed by atoms with Crippen LogP contribution in [0.5, 0.6) is 0 Å². The second-order valence-corrected chi connectivity index (χ2v) is 5.42. The van der Waals surface area contributed by atoms with Gasteiger partial charge in [-0.05, 0) is 0 Å². The second kappa shape index (κ2) is 16.9. The SMILES string of the molecule is [CH2-]c1ccccc1.[CH2-]c1ccccc1.[CH2-]c1ccccc1.[Hf+4].c1cc[cH-]c1. The van der Waals surface area contributed by atoms with Gasteiger partial charge in [0.05, 0.1) is 0 Å². The molecule has 0 saturated heterocycles. The summed E-state index contributed by atoms with van der Waals surface area (Å²) in [6.45, 7) is 11.2. The van der Waals surface area contributed by atoms with Gasteiger partial charge >= 0.3 is 25.8 Å². The van der Waals surface area contributed by atoms with Gasteiger partial charge in [-0.1, -0.05) is 18.2 Å². The number of hydrogen-bond acceptors (Lipinski definition) is 0. The molecule has 0 aliphatic carbocycles. The molecule has 0 atom stereocenters. The third-order valence-corrected chi connectivity index (χ3v) is 3.08. The maximum Gasteiger partial charge on any atom is 4.00 e. The molecule has 0 saturated carbocycles. The van der Waals surface area contributed by atoms with Crippen molar-refractivity contribution in [3.8, 4) is 0 Å². The summed E-state index contributed by atoms with van der Waals surface area (Å²) in [5.74, 6) is 0. The van der Waals surface area contributed by atoms with E-state index in [1.807, 2.05) is 121 Å². The predicted octanol–water partition coefficient (Wildman–Crippen LogP) is 7.01. The molecule has 0 nitrogen and oxygen atoms in total. The van der Waals surface area contributed by atoms with Gasteiger partial charge in [0.15, 0.2) is 0 Å². The summed E-state index contributed by atoms with van der Waals surface area (Å²) < 4.78 is 0. The fraction of sp³-hybridized carbons (Fsp3) is 0. The maximum atomic E-state index is 3.72. The molecule has 4 aromatic rings. The average Bonchev–Trinajstić information content (AvgIpc) is 3.25. The number of benzene rings is 3. The van der Waals surface area contributed by atoms with Gasteiger partial charge in [-0.2, -0.15) is 92.1 Å². The molecule has 134 valence electrons. The summed E-state index contributed by atoms with van der Waals surface area (Å²) >= 11 is 0. The van der Waals surface area contributed by atoms with Gasteiger partial charge in [0.2, 0.25) is 0 Å². The summed E-state index contributed by atoms with van der Waals surface area (Å²) in [6, 6.07) is 39.6. The molecule has 0 amide bonds. The average molecular weight is 517 g/mol. The minimum absolute atomic E-state index is 0. The molecule has 0 heterocycles. The van der Waals surface area contributed by atoms with E-state index in [0.717, 1.165) is 16.7 Å². The topological polar surface area (TPSA) is 0 Å². The van der Waals surface area contributed by atoms with Crippen LogP contribution in [-0.2, 0) is 25.8 Å². The van der Waals surface area contributed by atoms with Gasteiger partial charge < -0.3 is 0 Å². The quantitative estimate of drug-likeness (QED) is 0.174. The molecule has 4 aromatic carbocycles. The summed E-state index contributed by atoms with van der Waals surface area (Å²) in [6.07, 6.45) is 0. The molecule has 4 rings (SSSR count). The van der Waals surface area contributed by atoms with Gasteiger partial charge in [-0.15, -0.1) is 36.4 Å². The van der Waals surface area contributed by atoms with Crippen LogP contribution in [0, 0.1) is 20.8 Å². The Balaban J connectivity index is 0.000000332. The van der Waals surface area contributed by atoms with E-state index in [2.05, 4.69) is 20.8 Å². The van der Waals surface area contributed by atoms with Crippen molar-refractivity contribution < 1.29 is 25.8 Å². The van der Waals surface area contributed by atoms with E-state index in [9.17, 15) is 0 Å². The van der Waals surface area contributed by atoms with Crippen molar-refractivity contribution in [2.24, 2.45) is 0 Å². The Morgan fingerprint density at radius 2 is 0.667 bits per heavy atom. The van der Waals surface area contributed by atoms with Gasteiger partial charge in [-0.3, -0.25) is 0 Å². The molecule has 0 unspecified atom stereocenters. The second-order valence-electron chi connectivity index (χ2n) is 5.42.